The third-order valence-corrected chi connectivity index (χ3v) is 2.46. The lowest BCUT2D eigenvalue weighted by molar-refractivity contribution is 0.443. The van der Waals surface area contributed by atoms with Gasteiger partial charge < -0.3 is 5.32 Å². The van der Waals surface area contributed by atoms with Crippen LogP contribution in [0.2, 0.25) is 0 Å². The fraction of sp³-hybridized carbons (Fsp3) is 0.357. The van der Waals surface area contributed by atoms with Crippen LogP contribution in [0.25, 0.3) is 5.69 Å². The monoisotopic (exact) mass is 229 g/mol. The van der Waals surface area contributed by atoms with E-state index < -0.39 is 0 Å². The summed E-state index contributed by atoms with van der Waals surface area (Å²) >= 11 is 0. The third-order valence-electron chi connectivity index (χ3n) is 2.46. The van der Waals surface area contributed by atoms with Gasteiger partial charge in [-0.2, -0.15) is 5.10 Å². The van der Waals surface area contributed by atoms with Crippen molar-refractivity contribution in [2.75, 3.05) is 11.9 Å². The molecule has 1 N–H and O–H groups in total. The summed E-state index contributed by atoms with van der Waals surface area (Å²) in [6.07, 6.45) is 3.73. The molecule has 1 aromatic carbocycles. The number of benzene rings is 1. The van der Waals surface area contributed by atoms with Crippen LogP contribution in [-0.2, 0) is 0 Å². The maximum atomic E-state index is 4.20. The van der Waals surface area contributed by atoms with Gasteiger partial charge in [0.15, 0.2) is 0 Å². The van der Waals surface area contributed by atoms with Crippen LogP contribution in [-0.4, -0.2) is 16.3 Å². The van der Waals surface area contributed by atoms with Gasteiger partial charge in [-0.3, -0.25) is 0 Å². The predicted octanol–water partition coefficient (Wildman–Crippen LogP) is 3.33. The summed E-state index contributed by atoms with van der Waals surface area (Å²) in [4.78, 5) is 0. The van der Waals surface area contributed by atoms with Crippen LogP contribution >= 0.6 is 0 Å². The van der Waals surface area contributed by atoms with Crippen molar-refractivity contribution in [1.29, 1.82) is 0 Å². The highest BCUT2D eigenvalue weighted by Crippen LogP contribution is 2.17. The normalized spacial score (nSPS) is 11.5. The quantitative estimate of drug-likeness (QED) is 0.875. The van der Waals surface area contributed by atoms with Gasteiger partial charge in [-0.25, -0.2) is 4.68 Å². The summed E-state index contributed by atoms with van der Waals surface area (Å²) in [7, 11) is 0. The van der Waals surface area contributed by atoms with Crippen molar-refractivity contribution in [2.45, 2.75) is 20.8 Å². The summed E-state index contributed by atoms with van der Waals surface area (Å²) in [5.74, 6) is 0. The van der Waals surface area contributed by atoms with Gasteiger partial charge in [0.1, 0.15) is 0 Å². The zero-order valence-electron chi connectivity index (χ0n) is 10.6. The highest BCUT2D eigenvalue weighted by atomic mass is 15.3. The molecule has 0 spiro atoms. The van der Waals surface area contributed by atoms with Crippen molar-refractivity contribution < 1.29 is 0 Å². The van der Waals surface area contributed by atoms with E-state index in [0.717, 1.165) is 17.9 Å². The summed E-state index contributed by atoms with van der Waals surface area (Å²) in [6, 6.07) is 10.2. The molecule has 0 aliphatic rings. The number of hydrogen-bond donors (Lipinski definition) is 1. The zero-order valence-corrected chi connectivity index (χ0v) is 10.6. The number of hydrogen-bond acceptors (Lipinski definition) is 2. The Bertz CT molecular complexity index is 449. The van der Waals surface area contributed by atoms with E-state index in [2.05, 4.69) is 55.5 Å². The Morgan fingerprint density at radius 3 is 2.41 bits per heavy atom. The van der Waals surface area contributed by atoms with Crippen molar-refractivity contribution in [1.82, 2.24) is 9.78 Å². The van der Waals surface area contributed by atoms with E-state index in [9.17, 15) is 0 Å². The minimum Gasteiger partial charge on any atom is -0.385 e. The summed E-state index contributed by atoms with van der Waals surface area (Å²) in [6.45, 7) is 7.63. The predicted molar refractivity (Wildman–Crippen MR) is 71.5 cm³/mol. The highest BCUT2D eigenvalue weighted by molar-refractivity contribution is 5.48. The number of nitrogens with one attached hydrogen (secondary N) is 1. The van der Waals surface area contributed by atoms with Crippen LogP contribution in [0.15, 0.2) is 42.7 Å². The van der Waals surface area contributed by atoms with Gasteiger partial charge in [0.05, 0.1) is 5.69 Å². The first-order valence-electron chi connectivity index (χ1n) is 5.89. The SMILES string of the molecule is CC(C)(C)CNc1ccc(-n2cccn2)cc1. The standard InChI is InChI=1S/C14H19N3/c1-14(2,3)11-15-12-5-7-13(8-6-12)17-10-4-9-16-17/h4-10,15H,11H2,1-3H3. The molecule has 17 heavy (non-hydrogen) atoms. The van der Waals surface area contributed by atoms with Crippen LogP contribution in [0.5, 0.6) is 0 Å². The van der Waals surface area contributed by atoms with E-state index in [1.54, 1.807) is 6.20 Å². The van der Waals surface area contributed by atoms with Crippen LogP contribution in [0.1, 0.15) is 20.8 Å². The fourth-order valence-electron chi connectivity index (χ4n) is 1.52. The molecule has 3 heteroatoms. The second-order valence-electron chi connectivity index (χ2n) is 5.41. The third kappa shape index (κ3) is 3.34. The molecule has 0 atom stereocenters. The number of aromatic nitrogens is 2. The average Bonchev–Trinajstić information content (AvgIpc) is 2.79. The molecule has 0 saturated carbocycles. The maximum absolute atomic E-state index is 4.20. The topological polar surface area (TPSA) is 29.9 Å². The minimum atomic E-state index is 0.292. The number of rotatable bonds is 3. The van der Waals surface area contributed by atoms with E-state index in [4.69, 9.17) is 0 Å². The van der Waals surface area contributed by atoms with Gasteiger partial charge in [-0.1, -0.05) is 20.8 Å². The first-order chi connectivity index (χ1) is 8.04. The van der Waals surface area contributed by atoms with Crippen LogP contribution < -0.4 is 5.32 Å². The second-order valence-corrected chi connectivity index (χ2v) is 5.41. The van der Waals surface area contributed by atoms with Crippen LogP contribution in [0, 0.1) is 5.41 Å². The van der Waals surface area contributed by atoms with Gasteiger partial charge in [0.25, 0.3) is 0 Å². The molecule has 2 rings (SSSR count). The van der Waals surface area contributed by atoms with Crippen molar-refractivity contribution in [2.24, 2.45) is 5.41 Å². The van der Waals surface area contributed by atoms with Gasteiger partial charge in [-0.05, 0) is 35.7 Å². The van der Waals surface area contributed by atoms with Gasteiger partial charge >= 0.3 is 0 Å². The summed E-state index contributed by atoms with van der Waals surface area (Å²) < 4.78 is 1.85. The molecule has 0 aliphatic carbocycles. The molecule has 0 amide bonds. The van der Waals surface area contributed by atoms with Crippen LogP contribution in [0.3, 0.4) is 0 Å². The molecule has 0 fully saturated rings. The first kappa shape index (κ1) is 11.7. The second kappa shape index (κ2) is 4.62. The molecule has 0 aliphatic heterocycles. The van der Waals surface area contributed by atoms with Gasteiger partial charge in [-0.15, -0.1) is 0 Å². The highest BCUT2D eigenvalue weighted by Gasteiger charge is 2.09. The molecule has 1 heterocycles. The molecule has 90 valence electrons. The first-order valence-corrected chi connectivity index (χ1v) is 5.89. The molecule has 3 nitrogen and oxygen atoms in total. The fourth-order valence-corrected chi connectivity index (χ4v) is 1.52. The Morgan fingerprint density at radius 1 is 1.18 bits per heavy atom. The van der Waals surface area contributed by atoms with Crippen LogP contribution in [0.4, 0.5) is 5.69 Å². The number of anilines is 1. The Kier molecular flexibility index (Phi) is 3.18. The van der Waals surface area contributed by atoms with Crippen molar-refractivity contribution in [3.63, 3.8) is 0 Å². The van der Waals surface area contributed by atoms with Crippen molar-refractivity contribution >= 4 is 5.69 Å². The minimum absolute atomic E-state index is 0.292. The molecule has 2 aromatic rings. The Balaban J connectivity index is 2.04. The smallest absolute Gasteiger partial charge is 0.0647 e. The summed E-state index contributed by atoms with van der Waals surface area (Å²) in [5, 5.41) is 7.63. The molecule has 0 saturated heterocycles. The lowest BCUT2D eigenvalue weighted by Crippen LogP contribution is -2.18. The maximum Gasteiger partial charge on any atom is 0.0647 e. The lowest BCUT2D eigenvalue weighted by atomic mass is 9.97. The van der Waals surface area contributed by atoms with E-state index in [0.29, 0.717) is 5.41 Å². The van der Waals surface area contributed by atoms with Gasteiger partial charge in [0.2, 0.25) is 0 Å². The Hall–Kier alpha value is -1.77. The molecule has 0 bridgehead atoms. The Labute approximate surface area is 102 Å². The number of nitrogens with zero attached hydrogens (tertiary/aromatic N) is 2. The largest absolute Gasteiger partial charge is 0.385 e. The summed E-state index contributed by atoms with van der Waals surface area (Å²) in [5.41, 5.74) is 2.52. The van der Waals surface area contributed by atoms with Crippen molar-refractivity contribution in [3.8, 4) is 5.69 Å². The van der Waals surface area contributed by atoms with E-state index in [-0.39, 0.29) is 0 Å². The molecule has 0 unspecified atom stereocenters. The van der Waals surface area contributed by atoms with Gasteiger partial charge in [0, 0.05) is 24.6 Å². The van der Waals surface area contributed by atoms with E-state index in [1.165, 1.54) is 0 Å². The zero-order chi connectivity index (χ0) is 12.3. The van der Waals surface area contributed by atoms with E-state index >= 15 is 0 Å². The molecule has 0 radical (unpaired) electrons. The lowest BCUT2D eigenvalue weighted by Gasteiger charge is -2.19. The van der Waals surface area contributed by atoms with Crippen molar-refractivity contribution in [3.05, 3.63) is 42.7 Å². The molecular weight excluding hydrogens is 210 g/mol. The molecular formula is C14H19N3. The Morgan fingerprint density at radius 2 is 1.88 bits per heavy atom. The average molecular weight is 229 g/mol. The molecule has 1 aromatic heterocycles. The van der Waals surface area contributed by atoms with E-state index in [1.807, 2.05) is 16.9 Å².